The molecule has 0 unspecified atom stereocenters. The van der Waals surface area contributed by atoms with E-state index < -0.39 is 5.97 Å². The van der Waals surface area contributed by atoms with Crippen molar-refractivity contribution in [1.29, 1.82) is 0 Å². The van der Waals surface area contributed by atoms with Gasteiger partial charge in [-0.05, 0) is 82.5 Å². The number of aliphatic carboxylic acids is 1. The summed E-state index contributed by atoms with van der Waals surface area (Å²) >= 11 is 0. The fourth-order valence-electron chi connectivity index (χ4n) is 4.31. The highest BCUT2D eigenvalue weighted by Gasteiger charge is 2.37. The minimum atomic E-state index is -0.920. The van der Waals surface area contributed by atoms with Gasteiger partial charge in [0, 0.05) is 6.08 Å². The Labute approximate surface area is 175 Å². The highest BCUT2D eigenvalue weighted by atomic mass is 16.4. The third kappa shape index (κ3) is 4.53. The molecule has 0 saturated heterocycles. The summed E-state index contributed by atoms with van der Waals surface area (Å²) in [5.74, 6) is -0.920. The van der Waals surface area contributed by atoms with Crippen LogP contribution in [0.4, 0.5) is 0 Å². The summed E-state index contributed by atoms with van der Waals surface area (Å²) in [4.78, 5) is 10.8. The first-order valence-corrected chi connectivity index (χ1v) is 10.3. The Morgan fingerprint density at radius 3 is 2.24 bits per heavy atom. The maximum atomic E-state index is 10.8. The first kappa shape index (κ1) is 21.1. The van der Waals surface area contributed by atoms with Gasteiger partial charge in [-0.25, -0.2) is 4.79 Å². The lowest BCUT2D eigenvalue weighted by Gasteiger charge is -2.42. The quantitative estimate of drug-likeness (QED) is 0.450. The van der Waals surface area contributed by atoms with Gasteiger partial charge in [-0.1, -0.05) is 70.2 Å². The van der Waals surface area contributed by atoms with E-state index in [2.05, 4.69) is 71.0 Å². The highest BCUT2D eigenvalue weighted by Crippen LogP contribution is 2.47. The zero-order chi connectivity index (χ0) is 21.4. The van der Waals surface area contributed by atoms with E-state index in [1.54, 1.807) is 6.92 Å². The molecular weight excluding hydrogens is 356 g/mol. The van der Waals surface area contributed by atoms with Gasteiger partial charge in [0.25, 0.3) is 0 Å². The van der Waals surface area contributed by atoms with Crippen LogP contribution in [0, 0.1) is 6.92 Å². The second-order valence-electron chi connectivity index (χ2n) is 9.67. The summed E-state index contributed by atoms with van der Waals surface area (Å²) in [6.45, 7) is 13.4. The van der Waals surface area contributed by atoms with Gasteiger partial charge in [0.2, 0.25) is 0 Å². The van der Waals surface area contributed by atoms with Crippen LogP contribution in [0.2, 0.25) is 0 Å². The zero-order valence-electron chi connectivity index (χ0n) is 18.5. The monoisotopic (exact) mass is 388 g/mol. The van der Waals surface area contributed by atoms with Crippen molar-refractivity contribution < 1.29 is 9.90 Å². The molecule has 2 nitrogen and oxygen atoms in total. The number of fused-ring (bicyclic) bond motifs is 1. The van der Waals surface area contributed by atoms with Crippen LogP contribution in [-0.4, -0.2) is 11.1 Å². The number of hydrogen-bond acceptors (Lipinski definition) is 1. The Morgan fingerprint density at radius 1 is 1.00 bits per heavy atom. The van der Waals surface area contributed by atoms with Crippen LogP contribution in [0.5, 0.6) is 0 Å². The Bertz CT molecular complexity index is 1000. The second-order valence-corrected chi connectivity index (χ2v) is 9.67. The first-order valence-electron chi connectivity index (χ1n) is 10.3. The molecule has 2 aromatic rings. The zero-order valence-corrected chi connectivity index (χ0v) is 18.5. The molecule has 0 aromatic heterocycles. The summed E-state index contributed by atoms with van der Waals surface area (Å²) in [5.41, 5.74) is 8.92. The number of aryl methyl sites for hydroxylation is 1. The minimum Gasteiger partial charge on any atom is -0.478 e. The molecule has 1 aliphatic rings. The molecule has 2 aromatic carbocycles. The molecule has 0 heterocycles. The van der Waals surface area contributed by atoms with Crippen LogP contribution >= 0.6 is 0 Å². The van der Waals surface area contributed by atoms with Gasteiger partial charge in [0.05, 0.1) is 0 Å². The predicted octanol–water partition coefficient (Wildman–Crippen LogP) is 7.06. The Morgan fingerprint density at radius 2 is 1.62 bits per heavy atom. The number of carbonyl (C=O) groups is 1. The van der Waals surface area contributed by atoms with E-state index in [-0.39, 0.29) is 10.8 Å². The average Bonchev–Trinajstić information content (AvgIpc) is 2.63. The van der Waals surface area contributed by atoms with Crippen LogP contribution in [-0.2, 0) is 15.6 Å². The topological polar surface area (TPSA) is 37.3 Å². The van der Waals surface area contributed by atoms with Crippen molar-refractivity contribution in [2.45, 2.75) is 65.2 Å². The third-order valence-electron chi connectivity index (χ3n) is 6.29. The number of carboxylic acids is 1. The van der Waals surface area contributed by atoms with E-state index in [0.29, 0.717) is 0 Å². The van der Waals surface area contributed by atoms with E-state index in [1.807, 2.05) is 12.2 Å². The van der Waals surface area contributed by atoms with Crippen LogP contribution in [0.3, 0.4) is 0 Å². The van der Waals surface area contributed by atoms with E-state index >= 15 is 0 Å². The molecule has 0 radical (unpaired) electrons. The van der Waals surface area contributed by atoms with Crippen molar-refractivity contribution in [1.82, 2.24) is 0 Å². The van der Waals surface area contributed by atoms with Crippen LogP contribution in [0.15, 0.2) is 54.1 Å². The number of carboxylic acid groups (broad SMARTS) is 1. The fraction of sp³-hybridized carbons (Fsp3) is 0.370. The Balaban J connectivity index is 2.04. The molecule has 3 rings (SSSR count). The number of rotatable bonds is 4. The van der Waals surface area contributed by atoms with Crippen molar-refractivity contribution >= 4 is 12.0 Å². The van der Waals surface area contributed by atoms with Crippen LogP contribution < -0.4 is 0 Å². The van der Waals surface area contributed by atoms with Gasteiger partial charge in [-0.15, -0.1) is 0 Å². The standard InChI is InChI=1S/C27H32O2/c1-18(14-25(28)29)10-11-20-8-7-9-21(16-20)22-17-24-23(15-19(22)2)26(3,4)12-13-27(24,5)6/h7-11,14-17H,12-13H2,1-6H3,(H,28,29)/b11-10+,18-14+. The van der Waals surface area contributed by atoms with Gasteiger partial charge in [-0.2, -0.15) is 0 Å². The van der Waals surface area contributed by atoms with Gasteiger partial charge in [0.15, 0.2) is 0 Å². The molecular formula is C27H32O2. The summed E-state index contributed by atoms with van der Waals surface area (Å²) < 4.78 is 0. The van der Waals surface area contributed by atoms with E-state index in [0.717, 1.165) is 11.1 Å². The van der Waals surface area contributed by atoms with Crippen LogP contribution in [0.25, 0.3) is 17.2 Å². The normalized spacial score (nSPS) is 17.9. The van der Waals surface area contributed by atoms with Crippen molar-refractivity contribution in [2.24, 2.45) is 0 Å². The van der Waals surface area contributed by atoms with E-state index in [1.165, 1.54) is 46.7 Å². The molecule has 29 heavy (non-hydrogen) atoms. The SMILES string of the molecule is CC(/C=C/c1cccc(-c2cc3c(cc2C)C(C)(C)CCC3(C)C)c1)=C\C(=O)O. The predicted molar refractivity (Wildman–Crippen MR) is 122 cm³/mol. The Hall–Kier alpha value is -2.61. The minimum absolute atomic E-state index is 0.184. The van der Waals surface area contributed by atoms with Gasteiger partial charge < -0.3 is 5.11 Å². The lowest BCUT2D eigenvalue weighted by Crippen LogP contribution is -2.34. The molecule has 0 bridgehead atoms. The third-order valence-corrected chi connectivity index (χ3v) is 6.29. The average molecular weight is 389 g/mol. The van der Waals surface area contributed by atoms with E-state index in [4.69, 9.17) is 5.11 Å². The van der Waals surface area contributed by atoms with Gasteiger partial charge >= 0.3 is 5.97 Å². The number of benzene rings is 2. The largest absolute Gasteiger partial charge is 0.478 e. The van der Waals surface area contributed by atoms with Crippen molar-refractivity contribution in [3.8, 4) is 11.1 Å². The molecule has 0 aliphatic heterocycles. The maximum Gasteiger partial charge on any atom is 0.328 e. The molecule has 0 spiro atoms. The molecule has 1 aliphatic carbocycles. The molecule has 0 atom stereocenters. The molecule has 152 valence electrons. The van der Waals surface area contributed by atoms with Crippen LogP contribution in [0.1, 0.15) is 69.7 Å². The molecule has 0 amide bonds. The van der Waals surface area contributed by atoms with Gasteiger partial charge in [0.1, 0.15) is 0 Å². The second kappa shape index (κ2) is 7.67. The lowest BCUT2D eigenvalue weighted by molar-refractivity contribution is -0.131. The Kier molecular flexibility index (Phi) is 5.58. The van der Waals surface area contributed by atoms with E-state index in [9.17, 15) is 4.79 Å². The highest BCUT2D eigenvalue weighted by molar-refractivity contribution is 5.81. The first-order chi connectivity index (χ1) is 13.5. The smallest absolute Gasteiger partial charge is 0.328 e. The molecule has 1 N–H and O–H groups in total. The maximum absolute atomic E-state index is 10.8. The molecule has 0 fully saturated rings. The molecule has 0 saturated carbocycles. The van der Waals surface area contributed by atoms with Crippen molar-refractivity contribution in [3.63, 3.8) is 0 Å². The van der Waals surface area contributed by atoms with Gasteiger partial charge in [-0.3, -0.25) is 0 Å². The van der Waals surface area contributed by atoms with Crippen molar-refractivity contribution in [2.75, 3.05) is 0 Å². The summed E-state index contributed by atoms with van der Waals surface area (Å²) in [6.07, 6.45) is 7.46. The number of hydrogen-bond donors (Lipinski definition) is 1. The number of allylic oxidation sites excluding steroid dienone is 2. The summed E-state index contributed by atoms with van der Waals surface area (Å²) in [6, 6.07) is 13.3. The lowest BCUT2D eigenvalue weighted by atomic mass is 9.62. The summed E-state index contributed by atoms with van der Waals surface area (Å²) in [7, 11) is 0. The molecule has 2 heteroatoms. The van der Waals surface area contributed by atoms with Crippen molar-refractivity contribution in [3.05, 3.63) is 76.4 Å². The fourth-order valence-corrected chi connectivity index (χ4v) is 4.31. The summed E-state index contributed by atoms with van der Waals surface area (Å²) in [5, 5.41) is 8.87.